The topological polar surface area (TPSA) is 58.6 Å². The predicted octanol–water partition coefficient (Wildman–Crippen LogP) is 1.47. The molecule has 0 spiro atoms. The van der Waals surface area contributed by atoms with Crippen LogP contribution in [0, 0.1) is 0 Å². The Labute approximate surface area is 84.6 Å². The van der Waals surface area contributed by atoms with Crippen LogP contribution in [0.4, 0.5) is 0 Å². The lowest BCUT2D eigenvalue weighted by molar-refractivity contribution is 1.27. The summed E-state index contributed by atoms with van der Waals surface area (Å²) >= 11 is 0. The van der Waals surface area contributed by atoms with Gasteiger partial charge >= 0.3 is 0 Å². The molecule has 3 rings (SSSR count). The molecule has 72 valence electrons. The van der Waals surface area contributed by atoms with Crippen LogP contribution in [0.2, 0.25) is 0 Å². The number of aromatic nitrogens is 3. The van der Waals surface area contributed by atoms with Crippen molar-refractivity contribution in [3.8, 4) is 0 Å². The lowest BCUT2D eigenvalue weighted by Crippen LogP contribution is -2.04. The van der Waals surface area contributed by atoms with Gasteiger partial charge in [0.2, 0.25) is 5.43 Å². The molecule has 0 radical (unpaired) electrons. The third kappa shape index (κ3) is 1.19. The summed E-state index contributed by atoms with van der Waals surface area (Å²) in [6.07, 6.45) is 1.58. The SMILES string of the molecule is O=c1cc[nH]c2nc3ccccc3nc12. The molecule has 0 saturated carbocycles. The highest BCUT2D eigenvalue weighted by Crippen LogP contribution is 2.10. The number of aromatic amines is 1. The molecule has 15 heavy (non-hydrogen) atoms. The quantitative estimate of drug-likeness (QED) is 0.555. The fourth-order valence-corrected chi connectivity index (χ4v) is 1.55. The van der Waals surface area contributed by atoms with Crippen LogP contribution >= 0.6 is 0 Å². The van der Waals surface area contributed by atoms with Crippen molar-refractivity contribution in [2.45, 2.75) is 0 Å². The number of nitrogens with one attached hydrogen (secondary N) is 1. The minimum atomic E-state index is -0.109. The van der Waals surface area contributed by atoms with E-state index in [2.05, 4.69) is 15.0 Å². The van der Waals surface area contributed by atoms with E-state index in [1.165, 1.54) is 6.07 Å². The number of nitrogens with zero attached hydrogens (tertiary/aromatic N) is 2. The zero-order valence-corrected chi connectivity index (χ0v) is 7.77. The molecular weight excluding hydrogens is 190 g/mol. The molecule has 0 atom stereocenters. The van der Waals surface area contributed by atoms with E-state index in [1.54, 1.807) is 6.20 Å². The summed E-state index contributed by atoms with van der Waals surface area (Å²) in [5.74, 6) is 0. The molecule has 0 aliphatic heterocycles. The zero-order chi connectivity index (χ0) is 10.3. The molecule has 2 aromatic heterocycles. The van der Waals surface area contributed by atoms with Gasteiger partial charge in [-0.2, -0.15) is 0 Å². The summed E-state index contributed by atoms with van der Waals surface area (Å²) < 4.78 is 0. The number of hydrogen-bond acceptors (Lipinski definition) is 3. The van der Waals surface area contributed by atoms with Gasteiger partial charge in [0.1, 0.15) is 0 Å². The van der Waals surface area contributed by atoms with Crippen LogP contribution in [-0.2, 0) is 0 Å². The highest BCUT2D eigenvalue weighted by atomic mass is 16.1. The molecule has 1 aromatic carbocycles. The van der Waals surface area contributed by atoms with Gasteiger partial charge in [-0.05, 0) is 12.1 Å². The number of benzene rings is 1. The van der Waals surface area contributed by atoms with E-state index in [0.717, 1.165) is 11.0 Å². The van der Waals surface area contributed by atoms with Gasteiger partial charge in [-0.25, -0.2) is 9.97 Å². The second kappa shape index (κ2) is 2.88. The maximum Gasteiger partial charge on any atom is 0.209 e. The van der Waals surface area contributed by atoms with Gasteiger partial charge in [0.15, 0.2) is 11.2 Å². The molecule has 0 aliphatic rings. The van der Waals surface area contributed by atoms with Crippen molar-refractivity contribution < 1.29 is 0 Å². The maximum atomic E-state index is 11.5. The van der Waals surface area contributed by atoms with E-state index >= 15 is 0 Å². The van der Waals surface area contributed by atoms with Crippen LogP contribution in [-0.4, -0.2) is 15.0 Å². The molecule has 3 aromatic rings. The van der Waals surface area contributed by atoms with E-state index in [4.69, 9.17) is 0 Å². The van der Waals surface area contributed by atoms with E-state index in [9.17, 15) is 4.79 Å². The molecule has 4 heteroatoms. The first-order chi connectivity index (χ1) is 7.34. The normalized spacial score (nSPS) is 10.9. The zero-order valence-electron chi connectivity index (χ0n) is 7.77. The Morgan fingerprint density at radius 1 is 1.00 bits per heavy atom. The number of rotatable bonds is 0. The number of hydrogen-bond donors (Lipinski definition) is 1. The van der Waals surface area contributed by atoms with Crippen LogP contribution in [0.15, 0.2) is 41.3 Å². The number of H-pyrrole nitrogens is 1. The van der Waals surface area contributed by atoms with Crippen molar-refractivity contribution in [1.29, 1.82) is 0 Å². The Bertz CT molecular complexity index is 703. The van der Waals surface area contributed by atoms with Crippen molar-refractivity contribution in [1.82, 2.24) is 15.0 Å². The molecule has 2 heterocycles. The average molecular weight is 197 g/mol. The van der Waals surface area contributed by atoms with Crippen molar-refractivity contribution in [2.75, 3.05) is 0 Å². The Morgan fingerprint density at radius 2 is 1.73 bits per heavy atom. The first-order valence-electron chi connectivity index (χ1n) is 4.59. The van der Waals surface area contributed by atoms with Gasteiger partial charge in [-0.15, -0.1) is 0 Å². The van der Waals surface area contributed by atoms with Gasteiger partial charge in [0, 0.05) is 12.3 Å². The Hall–Kier alpha value is -2.23. The van der Waals surface area contributed by atoms with Crippen molar-refractivity contribution in [3.05, 3.63) is 46.8 Å². The molecule has 0 aliphatic carbocycles. The monoisotopic (exact) mass is 197 g/mol. The van der Waals surface area contributed by atoms with Gasteiger partial charge in [-0.1, -0.05) is 12.1 Å². The smallest absolute Gasteiger partial charge is 0.209 e. The number of pyridine rings is 1. The highest BCUT2D eigenvalue weighted by molar-refractivity contribution is 5.83. The molecule has 0 amide bonds. The van der Waals surface area contributed by atoms with Gasteiger partial charge in [0.25, 0.3) is 0 Å². The lowest BCUT2D eigenvalue weighted by Gasteiger charge is -1.98. The fraction of sp³-hybridized carbons (Fsp3) is 0. The second-order valence-corrected chi connectivity index (χ2v) is 3.25. The largest absolute Gasteiger partial charge is 0.345 e. The summed E-state index contributed by atoms with van der Waals surface area (Å²) in [5, 5.41) is 0. The predicted molar refractivity (Wildman–Crippen MR) is 57.7 cm³/mol. The van der Waals surface area contributed by atoms with Gasteiger partial charge in [-0.3, -0.25) is 4.79 Å². The average Bonchev–Trinajstić information content (AvgIpc) is 2.27. The third-order valence-corrected chi connectivity index (χ3v) is 2.26. The van der Waals surface area contributed by atoms with E-state index < -0.39 is 0 Å². The first-order valence-corrected chi connectivity index (χ1v) is 4.59. The van der Waals surface area contributed by atoms with E-state index in [0.29, 0.717) is 11.2 Å². The third-order valence-electron chi connectivity index (χ3n) is 2.26. The molecular formula is C11H7N3O. The van der Waals surface area contributed by atoms with Crippen LogP contribution in [0.3, 0.4) is 0 Å². The van der Waals surface area contributed by atoms with E-state index in [-0.39, 0.29) is 5.43 Å². The molecule has 1 N–H and O–H groups in total. The summed E-state index contributed by atoms with van der Waals surface area (Å²) in [6.45, 7) is 0. The Balaban J connectivity index is 2.59. The molecule has 4 nitrogen and oxygen atoms in total. The molecule has 0 bridgehead atoms. The minimum absolute atomic E-state index is 0.109. The van der Waals surface area contributed by atoms with Crippen molar-refractivity contribution in [2.24, 2.45) is 0 Å². The molecule has 0 saturated heterocycles. The Kier molecular flexibility index (Phi) is 1.56. The standard InChI is InChI=1S/C11H7N3O/c15-9-5-6-12-11-10(9)13-7-3-1-2-4-8(7)14-11/h1-6H,(H,12,14,15). The number of fused-ring (bicyclic) bond motifs is 2. The number of para-hydroxylation sites is 2. The summed E-state index contributed by atoms with van der Waals surface area (Å²) in [4.78, 5) is 23.0. The lowest BCUT2D eigenvalue weighted by atomic mass is 10.3. The first kappa shape index (κ1) is 8.11. The van der Waals surface area contributed by atoms with Gasteiger partial charge in [0.05, 0.1) is 11.0 Å². The molecule has 0 fully saturated rings. The minimum Gasteiger partial charge on any atom is -0.345 e. The second-order valence-electron chi connectivity index (χ2n) is 3.25. The summed E-state index contributed by atoms with van der Waals surface area (Å²) in [6, 6.07) is 8.93. The Morgan fingerprint density at radius 3 is 2.53 bits per heavy atom. The fourth-order valence-electron chi connectivity index (χ4n) is 1.55. The van der Waals surface area contributed by atoms with Crippen molar-refractivity contribution >= 4 is 22.2 Å². The maximum absolute atomic E-state index is 11.5. The van der Waals surface area contributed by atoms with Crippen LogP contribution < -0.4 is 5.43 Å². The molecule has 0 unspecified atom stereocenters. The summed E-state index contributed by atoms with van der Waals surface area (Å²) in [7, 11) is 0. The van der Waals surface area contributed by atoms with Crippen molar-refractivity contribution in [3.63, 3.8) is 0 Å². The van der Waals surface area contributed by atoms with Crippen LogP contribution in [0.5, 0.6) is 0 Å². The van der Waals surface area contributed by atoms with Gasteiger partial charge < -0.3 is 4.98 Å². The van der Waals surface area contributed by atoms with Crippen LogP contribution in [0.1, 0.15) is 0 Å². The van der Waals surface area contributed by atoms with Crippen LogP contribution in [0.25, 0.3) is 22.2 Å². The van der Waals surface area contributed by atoms with E-state index in [1.807, 2.05) is 24.3 Å². The summed E-state index contributed by atoms with van der Waals surface area (Å²) in [5.41, 5.74) is 2.33. The highest BCUT2D eigenvalue weighted by Gasteiger charge is 2.02.